The molecule has 1 atom stereocenters. The van der Waals surface area contributed by atoms with Gasteiger partial charge in [-0.2, -0.15) is 0 Å². The van der Waals surface area contributed by atoms with Crippen LogP contribution in [0.4, 0.5) is 14.6 Å². The highest BCUT2D eigenvalue weighted by Gasteiger charge is 2.21. The van der Waals surface area contributed by atoms with Crippen molar-refractivity contribution in [2.75, 3.05) is 32.1 Å². The van der Waals surface area contributed by atoms with Gasteiger partial charge >= 0.3 is 0 Å². The number of carbonyl (C=O) groups is 1. The van der Waals surface area contributed by atoms with Crippen molar-refractivity contribution < 1.29 is 13.6 Å². The lowest BCUT2D eigenvalue weighted by Gasteiger charge is -2.33. The van der Waals surface area contributed by atoms with Crippen LogP contribution in [0.5, 0.6) is 0 Å². The first kappa shape index (κ1) is 19.3. The molecular formula is C21H25F2N3O. The van der Waals surface area contributed by atoms with Gasteiger partial charge in [-0.1, -0.05) is 6.07 Å². The van der Waals surface area contributed by atoms with Gasteiger partial charge in [0.1, 0.15) is 17.5 Å². The summed E-state index contributed by atoms with van der Waals surface area (Å²) in [7, 11) is 3.44. The molecule has 2 heterocycles. The molecule has 0 N–H and O–H groups in total. The predicted octanol–water partition coefficient (Wildman–Crippen LogP) is 3.91. The van der Waals surface area contributed by atoms with Crippen molar-refractivity contribution in [1.82, 2.24) is 9.88 Å². The van der Waals surface area contributed by atoms with Crippen molar-refractivity contribution >= 4 is 11.7 Å². The van der Waals surface area contributed by atoms with Gasteiger partial charge in [0.05, 0.1) is 5.56 Å². The van der Waals surface area contributed by atoms with Gasteiger partial charge < -0.3 is 9.80 Å². The normalized spacial score (nSPS) is 17.0. The van der Waals surface area contributed by atoms with E-state index in [9.17, 15) is 13.6 Å². The Morgan fingerprint density at radius 2 is 2.07 bits per heavy atom. The van der Waals surface area contributed by atoms with Crippen LogP contribution in [0.3, 0.4) is 0 Å². The third kappa shape index (κ3) is 4.81. The standard InChI is InChI=1S/C21H25F2N3O/c1-25(2)21(27)17-8-10-20(24-13-17)26-11-3-4-15(14-26)5-6-16-7-9-18(22)12-19(16)23/h7-10,12-13,15H,3-6,11,14H2,1-2H3/t15-/m0/s1. The maximum absolute atomic E-state index is 13.8. The summed E-state index contributed by atoms with van der Waals surface area (Å²) in [5.74, 6) is 0.232. The lowest BCUT2D eigenvalue weighted by atomic mass is 9.91. The number of carbonyl (C=O) groups excluding carboxylic acids is 1. The highest BCUT2D eigenvalue weighted by Crippen LogP contribution is 2.25. The zero-order valence-corrected chi connectivity index (χ0v) is 15.8. The number of amides is 1. The van der Waals surface area contributed by atoms with Gasteiger partial charge in [0.15, 0.2) is 0 Å². The van der Waals surface area contributed by atoms with Crippen molar-refractivity contribution in [3.8, 4) is 0 Å². The van der Waals surface area contributed by atoms with Gasteiger partial charge in [-0.05, 0) is 55.4 Å². The number of piperidine rings is 1. The van der Waals surface area contributed by atoms with E-state index in [-0.39, 0.29) is 5.91 Å². The molecular weight excluding hydrogens is 348 g/mol. The van der Waals surface area contributed by atoms with E-state index in [1.54, 1.807) is 20.3 Å². The van der Waals surface area contributed by atoms with E-state index in [1.807, 2.05) is 12.1 Å². The van der Waals surface area contributed by atoms with Crippen LogP contribution in [-0.2, 0) is 6.42 Å². The summed E-state index contributed by atoms with van der Waals surface area (Å²) in [5, 5.41) is 0. The number of hydrogen-bond donors (Lipinski definition) is 0. The molecule has 2 aromatic rings. The Morgan fingerprint density at radius 3 is 2.74 bits per heavy atom. The average Bonchev–Trinajstić information content (AvgIpc) is 2.67. The number of hydrogen-bond acceptors (Lipinski definition) is 3. The Hall–Kier alpha value is -2.50. The van der Waals surface area contributed by atoms with E-state index in [1.165, 1.54) is 17.0 Å². The summed E-state index contributed by atoms with van der Waals surface area (Å²) in [6, 6.07) is 7.49. The van der Waals surface area contributed by atoms with E-state index < -0.39 is 11.6 Å². The Morgan fingerprint density at radius 1 is 1.26 bits per heavy atom. The summed E-state index contributed by atoms with van der Waals surface area (Å²) in [6.07, 6.45) is 5.23. The fraction of sp³-hybridized carbons (Fsp3) is 0.429. The average molecular weight is 373 g/mol. The first-order valence-electron chi connectivity index (χ1n) is 9.30. The Balaban J connectivity index is 1.59. The van der Waals surface area contributed by atoms with E-state index in [0.29, 0.717) is 23.5 Å². The first-order valence-corrected chi connectivity index (χ1v) is 9.30. The number of pyridine rings is 1. The molecule has 0 aliphatic carbocycles. The number of rotatable bonds is 5. The lowest BCUT2D eigenvalue weighted by Crippen LogP contribution is -2.36. The number of aryl methyl sites for hydroxylation is 1. The number of halogens is 2. The summed E-state index contributed by atoms with van der Waals surface area (Å²) in [4.78, 5) is 20.2. The molecule has 1 amide bonds. The van der Waals surface area contributed by atoms with Crippen LogP contribution in [-0.4, -0.2) is 43.0 Å². The topological polar surface area (TPSA) is 36.4 Å². The molecule has 6 heteroatoms. The third-order valence-electron chi connectivity index (χ3n) is 5.08. The van der Waals surface area contributed by atoms with E-state index in [2.05, 4.69) is 9.88 Å². The SMILES string of the molecule is CN(C)C(=O)c1ccc(N2CCC[C@@H](CCc3ccc(F)cc3F)C2)nc1. The van der Waals surface area contributed by atoms with Crippen molar-refractivity contribution in [2.24, 2.45) is 5.92 Å². The molecule has 1 aromatic heterocycles. The minimum absolute atomic E-state index is 0.0631. The molecule has 0 saturated carbocycles. The fourth-order valence-electron chi connectivity index (χ4n) is 3.55. The highest BCUT2D eigenvalue weighted by molar-refractivity contribution is 5.93. The second-order valence-electron chi connectivity index (χ2n) is 7.33. The van der Waals surface area contributed by atoms with E-state index in [4.69, 9.17) is 0 Å². The molecule has 0 bridgehead atoms. The minimum Gasteiger partial charge on any atom is -0.356 e. The molecule has 0 unspecified atom stereocenters. The van der Waals surface area contributed by atoms with Gasteiger partial charge in [0.25, 0.3) is 5.91 Å². The minimum atomic E-state index is -0.539. The fourth-order valence-corrected chi connectivity index (χ4v) is 3.55. The number of anilines is 1. The molecule has 27 heavy (non-hydrogen) atoms. The van der Waals surface area contributed by atoms with Gasteiger partial charge in [-0.25, -0.2) is 13.8 Å². The summed E-state index contributed by atoms with van der Waals surface area (Å²) >= 11 is 0. The third-order valence-corrected chi connectivity index (χ3v) is 5.08. The second-order valence-corrected chi connectivity index (χ2v) is 7.33. The van der Waals surface area contributed by atoms with Crippen molar-refractivity contribution in [2.45, 2.75) is 25.7 Å². The van der Waals surface area contributed by atoms with Crippen molar-refractivity contribution in [3.63, 3.8) is 0 Å². The lowest BCUT2D eigenvalue weighted by molar-refractivity contribution is 0.0827. The number of benzene rings is 1. The molecule has 1 saturated heterocycles. The Kier molecular flexibility index (Phi) is 6.04. The molecule has 144 valence electrons. The first-order chi connectivity index (χ1) is 12.9. The van der Waals surface area contributed by atoms with Crippen LogP contribution in [0.25, 0.3) is 0 Å². The van der Waals surface area contributed by atoms with Crippen LogP contribution in [0.15, 0.2) is 36.5 Å². The zero-order valence-electron chi connectivity index (χ0n) is 15.8. The smallest absolute Gasteiger partial charge is 0.254 e. The van der Waals surface area contributed by atoms with Crippen LogP contribution < -0.4 is 4.90 Å². The molecule has 1 aliphatic heterocycles. The number of nitrogens with zero attached hydrogens (tertiary/aromatic N) is 3. The van der Waals surface area contributed by atoms with E-state index >= 15 is 0 Å². The van der Waals surface area contributed by atoms with E-state index in [0.717, 1.165) is 44.2 Å². The largest absolute Gasteiger partial charge is 0.356 e. The maximum Gasteiger partial charge on any atom is 0.254 e. The van der Waals surface area contributed by atoms with Crippen molar-refractivity contribution in [1.29, 1.82) is 0 Å². The Labute approximate surface area is 158 Å². The maximum atomic E-state index is 13.8. The van der Waals surface area contributed by atoms with Crippen LogP contribution in [0, 0.1) is 17.6 Å². The van der Waals surface area contributed by atoms with Gasteiger partial charge in [-0.15, -0.1) is 0 Å². The van der Waals surface area contributed by atoms with Gasteiger partial charge in [0, 0.05) is 39.4 Å². The molecule has 1 aromatic carbocycles. The molecule has 3 rings (SSSR count). The molecule has 4 nitrogen and oxygen atoms in total. The molecule has 1 aliphatic rings. The quantitative estimate of drug-likeness (QED) is 0.797. The van der Waals surface area contributed by atoms with Crippen molar-refractivity contribution in [3.05, 3.63) is 59.3 Å². The van der Waals surface area contributed by atoms with Crippen LogP contribution >= 0.6 is 0 Å². The summed E-state index contributed by atoms with van der Waals surface area (Å²) in [6.45, 7) is 1.78. The van der Waals surface area contributed by atoms with Crippen LogP contribution in [0.1, 0.15) is 35.2 Å². The summed E-state index contributed by atoms with van der Waals surface area (Å²) in [5.41, 5.74) is 1.14. The zero-order chi connectivity index (χ0) is 19.4. The highest BCUT2D eigenvalue weighted by atomic mass is 19.1. The Bertz CT molecular complexity index is 793. The molecule has 1 fully saturated rings. The predicted molar refractivity (Wildman–Crippen MR) is 102 cm³/mol. The van der Waals surface area contributed by atoms with Gasteiger partial charge in [-0.3, -0.25) is 4.79 Å². The molecule has 0 spiro atoms. The molecule has 0 radical (unpaired) electrons. The second kappa shape index (κ2) is 8.46. The monoisotopic (exact) mass is 373 g/mol. The summed E-state index contributed by atoms with van der Waals surface area (Å²) < 4.78 is 26.8. The van der Waals surface area contributed by atoms with Crippen LogP contribution in [0.2, 0.25) is 0 Å². The number of aromatic nitrogens is 1. The van der Waals surface area contributed by atoms with Gasteiger partial charge in [0.2, 0.25) is 0 Å².